The predicted octanol–water partition coefficient (Wildman–Crippen LogP) is 3.82. The number of nitrogens with zero attached hydrogens (tertiary/aromatic N) is 2. The lowest BCUT2D eigenvalue weighted by Gasteiger charge is -2.31. The van der Waals surface area contributed by atoms with Crippen LogP contribution in [0.15, 0.2) is 47.5 Å². The third-order valence-corrected chi connectivity index (χ3v) is 5.55. The predicted molar refractivity (Wildman–Crippen MR) is 109 cm³/mol. The topological polar surface area (TPSA) is 59.0 Å². The number of hydrogen-bond acceptors (Lipinski definition) is 4. The number of fused-ring (bicyclic) bond motifs is 1. The van der Waals surface area contributed by atoms with Crippen molar-refractivity contribution in [2.24, 2.45) is 4.99 Å². The molecule has 0 radical (unpaired) electrons. The van der Waals surface area contributed by atoms with Gasteiger partial charge in [0.05, 0.1) is 24.3 Å². The largest absolute Gasteiger partial charge is 0.376 e. The van der Waals surface area contributed by atoms with Crippen molar-refractivity contribution in [2.45, 2.75) is 38.7 Å². The molecule has 144 valence electrons. The number of anilines is 1. The number of benzene rings is 2. The Bertz CT molecular complexity index is 945. The smallest absolute Gasteiger partial charge is 0.265 e. The Morgan fingerprint density at radius 1 is 1.14 bits per heavy atom. The number of carbonyl (C=O) groups is 2. The molecule has 0 N–H and O–H groups in total. The minimum atomic E-state index is -0.572. The van der Waals surface area contributed by atoms with E-state index < -0.39 is 5.92 Å². The maximum atomic E-state index is 13.3. The van der Waals surface area contributed by atoms with Gasteiger partial charge < -0.3 is 4.74 Å². The minimum absolute atomic E-state index is 0.127. The van der Waals surface area contributed by atoms with Gasteiger partial charge in [-0.1, -0.05) is 24.3 Å². The molecule has 1 saturated heterocycles. The maximum Gasteiger partial charge on any atom is 0.265 e. The van der Waals surface area contributed by atoms with Gasteiger partial charge in [-0.25, -0.2) is 4.90 Å². The summed E-state index contributed by atoms with van der Waals surface area (Å²) in [5.41, 5.74) is 4.03. The second-order valence-electron chi connectivity index (χ2n) is 7.46. The number of amides is 2. The molecule has 2 aliphatic heterocycles. The van der Waals surface area contributed by atoms with Crippen molar-refractivity contribution in [2.75, 3.05) is 18.1 Å². The Kier molecular flexibility index (Phi) is 5.09. The van der Waals surface area contributed by atoms with Crippen LogP contribution in [0.25, 0.3) is 0 Å². The van der Waals surface area contributed by atoms with Crippen LogP contribution in [-0.2, 0) is 9.53 Å². The summed E-state index contributed by atoms with van der Waals surface area (Å²) in [6.45, 7) is 5.31. The first kappa shape index (κ1) is 18.6. The van der Waals surface area contributed by atoms with Crippen LogP contribution in [-0.4, -0.2) is 37.3 Å². The van der Waals surface area contributed by atoms with Crippen molar-refractivity contribution >= 4 is 23.7 Å². The Morgan fingerprint density at radius 2 is 1.96 bits per heavy atom. The normalized spacial score (nSPS) is 22.1. The van der Waals surface area contributed by atoms with Crippen LogP contribution in [0, 0.1) is 13.8 Å². The Morgan fingerprint density at radius 3 is 2.71 bits per heavy atom. The van der Waals surface area contributed by atoms with Gasteiger partial charge in [-0.15, -0.1) is 0 Å². The molecule has 5 heteroatoms. The molecule has 2 aliphatic rings. The van der Waals surface area contributed by atoms with Gasteiger partial charge in [-0.3, -0.25) is 14.6 Å². The average molecular weight is 376 g/mol. The Labute approximate surface area is 165 Å². The molecule has 0 aromatic heterocycles. The number of carbonyl (C=O) groups excluding carboxylic acids is 2. The number of rotatable bonds is 4. The zero-order chi connectivity index (χ0) is 19.7. The molecule has 4 rings (SSSR count). The first-order valence-electron chi connectivity index (χ1n) is 9.72. The highest BCUT2D eigenvalue weighted by atomic mass is 16.5. The summed E-state index contributed by atoms with van der Waals surface area (Å²) in [5, 5.41) is 0. The highest BCUT2D eigenvalue weighted by molar-refractivity contribution is 6.29. The quantitative estimate of drug-likeness (QED) is 0.602. The molecule has 2 aromatic carbocycles. The summed E-state index contributed by atoms with van der Waals surface area (Å²) in [4.78, 5) is 32.2. The molecule has 2 aromatic rings. The number of aliphatic imine (C=N–C) groups is 1. The molecule has 2 heterocycles. The van der Waals surface area contributed by atoms with Crippen molar-refractivity contribution < 1.29 is 14.3 Å². The molecule has 28 heavy (non-hydrogen) atoms. The number of imide groups is 1. The fourth-order valence-corrected chi connectivity index (χ4v) is 3.78. The molecule has 1 fully saturated rings. The number of aryl methyl sites for hydroxylation is 2. The van der Waals surface area contributed by atoms with Crippen molar-refractivity contribution in [3.8, 4) is 0 Å². The highest BCUT2D eigenvalue weighted by Gasteiger charge is 2.38. The first-order valence-corrected chi connectivity index (χ1v) is 9.72. The van der Waals surface area contributed by atoms with E-state index in [2.05, 4.69) is 4.99 Å². The molecule has 2 atom stereocenters. The summed E-state index contributed by atoms with van der Waals surface area (Å²) in [7, 11) is 0. The first-order chi connectivity index (χ1) is 13.6. The van der Waals surface area contributed by atoms with E-state index in [1.807, 2.05) is 50.2 Å². The fraction of sp³-hybridized carbons (Fsp3) is 0.348. The van der Waals surface area contributed by atoms with Crippen LogP contribution >= 0.6 is 0 Å². The lowest BCUT2D eigenvalue weighted by atomic mass is 9.88. The lowest BCUT2D eigenvalue weighted by Crippen LogP contribution is -2.45. The third-order valence-electron chi connectivity index (χ3n) is 5.55. The molecule has 5 nitrogen and oxygen atoms in total. The zero-order valence-electron chi connectivity index (χ0n) is 16.2. The fourth-order valence-electron chi connectivity index (χ4n) is 3.78. The molecule has 0 aliphatic carbocycles. The van der Waals surface area contributed by atoms with Gasteiger partial charge in [-0.2, -0.15) is 0 Å². The monoisotopic (exact) mass is 376 g/mol. The van der Waals surface area contributed by atoms with Gasteiger partial charge >= 0.3 is 0 Å². The van der Waals surface area contributed by atoms with Gasteiger partial charge in [0, 0.05) is 18.4 Å². The van der Waals surface area contributed by atoms with E-state index in [0.717, 1.165) is 30.6 Å². The summed E-state index contributed by atoms with van der Waals surface area (Å²) < 4.78 is 5.61. The molecular weight excluding hydrogens is 352 g/mol. The van der Waals surface area contributed by atoms with Gasteiger partial charge in [0.2, 0.25) is 5.91 Å². The number of ether oxygens (including phenoxy) is 1. The standard InChI is InChI=1S/C23H24N2O3/c1-15-9-10-17(12-16(15)2)25-22(26)20-8-4-3-7-19(20)21(23(25)27)14-24-13-18-6-5-11-28-18/h3-4,7-10,12,14,18,21H,5-6,11,13H2,1-2H3/t18-,21-/m1/s1. The minimum Gasteiger partial charge on any atom is -0.376 e. The van der Waals surface area contributed by atoms with Gasteiger partial charge in [0.25, 0.3) is 5.91 Å². The van der Waals surface area contributed by atoms with E-state index in [1.165, 1.54) is 4.90 Å². The summed E-state index contributed by atoms with van der Waals surface area (Å²) in [6.07, 6.45) is 3.87. The van der Waals surface area contributed by atoms with Crippen LogP contribution in [0.4, 0.5) is 5.69 Å². The van der Waals surface area contributed by atoms with Crippen molar-refractivity contribution in [1.29, 1.82) is 0 Å². The van der Waals surface area contributed by atoms with Crippen LogP contribution in [0.3, 0.4) is 0 Å². The van der Waals surface area contributed by atoms with E-state index in [0.29, 0.717) is 23.4 Å². The van der Waals surface area contributed by atoms with Crippen LogP contribution in [0.5, 0.6) is 0 Å². The van der Waals surface area contributed by atoms with E-state index in [4.69, 9.17) is 4.74 Å². The Hall–Kier alpha value is -2.79. The summed E-state index contributed by atoms with van der Waals surface area (Å²) in [5.74, 6) is -1.12. The van der Waals surface area contributed by atoms with Gasteiger partial charge in [-0.05, 0) is 61.6 Å². The van der Waals surface area contributed by atoms with E-state index in [1.54, 1.807) is 12.3 Å². The van der Waals surface area contributed by atoms with Crippen molar-refractivity contribution in [3.05, 3.63) is 64.7 Å². The molecule has 0 bridgehead atoms. The third kappa shape index (κ3) is 3.38. The summed E-state index contributed by atoms with van der Waals surface area (Å²) in [6, 6.07) is 12.9. The van der Waals surface area contributed by atoms with Crippen LogP contribution in [0.1, 0.15) is 45.8 Å². The number of hydrogen-bond donors (Lipinski definition) is 0. The lowest BCUT2D eigenvalue weighted by molar-refractivity contribution is -0.118. The van der Waals surface area contributed by atoms with E-state index >= 15 is 0 Å². The summed E-state index contributed by atoms with van der Waals surface area (Å²) >= 11 is 0. The van der Waals surface area contributed by atoms with Crippen molar-refractivity contribution in [3.63, 3.8) is 0 Å². The molecule has 0 unspecified atom stereocenters. The highest BCUT2D eigenvalue weighted by Crippen LogP contribution is 2.32. The zero-order valence-corrected chi connectivity index (χ0v) is 16.2. The Balaban J connectivity index is 1.69. The van der Waals surface area contributed by atoms with Gasteiger partial charge in [0.1, 0.15) is 0 Å². The molecule has 0 spiro atoms. The van der Waals surface area contributed by atoms with Crippen LogP contribution in [0.2, 0.25) is 0 Å². The molecule has 0 saturated carbocycles. The van der Waals surface area contributed by atoms with E-state index in [9.17, 15) is 9.59 Å². The van der Waals surface area contributed by atoms with E-state index in [-0.39, 0.29) is 17.9 Å². The van der Waals surface area contributed by atoms with Crippen molar-refractivity contribution in [1.82, 2.24) is 0 Å². The van der Waals surface area contributed by atoms with Crippen LogP contribution < -0.4 is 4.90 Å². The SMILES string of the molecule is Cc1ccc(N2C(=O)c3ccccc3[C@@H](C=NC[C@H]3CCCO3)C2=O)cc1C. The maximum absolute atomic E-state index is 13.3. The second-order valence-corrected chi connectivity index (χ2v) is 7.46. The average Bonchev–Trinajstić information content (AvgIpc) is 3.21. The molecular formula is C23H24N2O3. The second kappa shape index (κ2) is 7.68. The molecule has 2 amide bonds. The van der Waals surface area contributed by atoms with Gasteiger partial charge in [0.15, 0.2) is 0 Å².